The van der Waals surface area contributed by atoms with Crippen molar-refractivity contribution in [3.63, 3.8) is 0 Å². The number of nitrogens with one attached hydrogen (secondary N) is 2. The fourth-order valence-electron chi connectivity index (χ4n) is 4.54. The van der Waals surface area contributed by atoms with Crippen LogP contribution in [0.2, 0.25) is 0 Å². The summed E-state index contributed by atoms with van der Waals surface area (Å²) < 4.78 is 6.96. The maximum absolute atomic E-state index is 12.6. The van der Waals surface area contributed by atoms with Crippen molar-refractivity contribution in [3.8, 4) is 5.75 Å². The molecular formula is C26H33N5O5. The maximum Gasteiger partial charge on any atom is 0.274 e. The molecule has 10 heteroatoms. The van der Waals surface area contributed by atoms with E-state index in [0.29, 0.717) is 17.4 Å². The second kappa shape index (κ2) is 11.4. The normalized spacial score (nSPS) is 15.6. The van der Waals surface area contributed by atoms with E-state index < -0.39 is 0 Å². The number of likely N-dealkylation sites (N-methyl/N-ethyl adjacent to an activating group) is 1. The summed E-state index contributed by atoms with van der Waals surface area (Å²) in [5, 5.41) is 18.9. The van der Waals surface area contributed by atoms with Crippen LogP contribution in [0.25, 0.3) is 10.9 Å². The number of hydrogen-bond donors (Lipinski definition) is 3. The predicted molar refractivity (Wildman–Crippen MR) is 136 cm³/mol. The molecule has 2 heterocycles. The Kier molecular flexibility index (Phi) is 8.04. The van der Waals surface area contributed by atoms with E-state index in [2.05, 4.69) is 15.5 Å². The molecule has 2 fully saturated rings. The summed E-state index contributed by atoms with van der Waals surface area (Å²) in [6.45, 7) is -0.354. The van der Waals surface area contributed by atoms with Crippen molar-refractivity contribution in [2.45, 2.75) is 57.0 Å². The second-order valence-corrected chi connectivity index (χ2v) is 9.28. The molecule has 10 nitrogen and oxygen atoms in total. The average molecular weight is 496 g/mol. The molecule has 36 heavy (non-hydrogen) atoms. The van der Waals surface area contributed by atoms with Crippen LogP contribution >= 0.6 is 0 Å². The van der Waals surface area contributed by atoms with Gasteiger partial charge < -0.3 is 24.6 Å². The van der Waals surface area contributed by atoms with Crippen LogP contribution in [0.3, 0.4) is 0 Å². The highest BCUT2D eigenvalue weighted by Crippen LogP contribution is 2.33. The predicted octanol–water partition coefficient (Wildman–Crippen LogP) is 3.09. The SMILES string of the molecule is CN(C(=O)CO)C1CCCCC1.COc1cc2[nH]ncc2cc1C(=O)Nc1cccn(C2CC2)c1=O. The number of aromatic nitrogens is 3. The van der Waals surface area contributed by atoms with E-state index in [0.717, 1.165) is 36.6 Å². The van der Waals surface area contributed by atoms with Gasteiger partial charge in [0.25, 0.3) is 11.5 Å². The highest BCUT2D eigenvalue weighted by atomic mass is 16.5. The minimum atomic E-state index is -0.388. The molecule has 0 saturated heterocycles. The molecule has 0 atom stereocenters. The second-order valence-electron chi connectivity index (χ2n) is 9.28. The Bertz CT molecular complexity index is 1270. The Morgan fingerprint density at radius 2 is 1.97 bits per heavy atom. The number of aliphatic hydroxyl groups is 1. The number of pyridine rings is 1. The van der Waals surface area contributed by atoms with Crippen LogP contribution in [0.4, 0.5) is 5.69 Å². The number of amides is 2. The summed E-state index contributed by atoms with van der Waals surface area (Å²) in [6, 6.07) is 7.41. The fraction of sp³-hybridized carbons (Fsp3) is 0.462. The Morgan fingerprint density at radius 1 is 1.22 bits per heavy atom. The molecule has 3 N–H and O–H groups in total. The Labute approximate surface area is 209 Å². The molecule has 2 aromatic heterocycles. The third kappa shape index (κ3) is 5.76. The van der Waals surface area contributed by atoms with Crippen LogP contribution in [0.1, 0.15) is 61.3 Å². The summed E-state index contributed by atoms with van der Waals surface area (Å²) in [5.74, 6) is -0.120. The Hall–Kier alpha value is -3.66. The number of hydrogen-bond acceptors (Lipinski definition) is 6. The molecule has 2 aliphatic carbocycles. The van der Waals surface area contributed by atoms with E-state index in [1.54, 1.807) is 53.2 Å². The Morgan fingerprint density at radius 3 is 2.64 bits per heavy atom. The first-order valence-corrected chi connectivity index (χ1v) is 12.3. The van der Waals surface area contributed by atoms with Gasteiger partial charge in [0.2, 0.25) is 5.91 Å². The molecule has 0 unspecified atom stereocenters. The molecule has 2 amide bonds. The third-order valence-corrected chi connectivity index (χ3v) is 6.82. The van der Waals surface area contributed by atoms with Gasteiger partial charge in [-0.25, -0.2) is 0 Å². The van der Waals surface area contributed by atoms with E-state index in [1.807, 2.05) is 0 Å². The summed E-state index contributed by atoms with van der Waals surface area (Å²) in [6.07, 6.45) is 11.3. The van der Waals surface area contributed by atoms with Crippen molar-refractivity contribution < 1.29 is 19.4 Å². The first-order valence-electron chi connectivity index (χ1n) is 12.3. The number of anilines is 1. The molecule has 0 spiro atoms. The van der Waals surface area contributed by atoms with E-state index in [1.165, 1.54) is 26.4 Å². The smallest absolute Gasteiger partial charge is 0.274 e. The number of aromatic amines is 1. The van der Waals surface area contributed by atoms with Crippen molar-refractivity contribution in [1.29, 1.82) is 0 Å². The maximum atomic E-state index is 12.6. The number of rotatable bonds is 6. The average Bonchev–Trinajstić information content (AvgIpc) is 3.65. The van der Waals surface area contributed by atoms with Gasteiger partial charge in [0.1, 0.15) is 18.0 Å². The number of methoxy groups -OCH3 is 1. The lowest BCUT2D eigenvalue weighted by Crippen LogP contribution is -2.39. The molecule has 2 saturated carbocycles. The van der Waals surface area contributed by atoms with Gasteiger partial charge in [0, 0.05) is 36.8 Å². The first kappa shape index (κ1) is 25.4. The summed E-state index contributed by atoms with van der Waals surface area (Å²) >= 11 is 0. The minimum absolute atomic E-state index is 0.151. The van der Waals surface area contributed by atoms with Crippen molar-refractivity contribution in [2.75, 3.05) is 26.1 Å². The number of carbonyl (C=O) groups excluding carboxylic acids is 2. The topological polar surface area (TPSA) is 130 Å². The quantitative estimate of drug-likeness (QED) is 0.482. The van der Waals surface area contributed by atoms with Crippen LogP contribution < -0.4 is 15.6 Å². The van der Waals surface area contributed by atoms with E-state index in [9.17, 15) is 14.4 Å². The van der Waals surface area contributed by atoms with Gasteiger partial charge in [-0.15, -0.1) is 0 Å². The molecule has 3 aromatic rings. The minimum Gasteiger partial charge on any atom is -0.496 e. The zero-order valence-corrected chi connectivity index (χ0v) is 20.7. The number of carbonyl (C=O) groups is 2. The molecule has 1 aromatic carbocycles. The summed E-state index contributed by atoms with van der Waals surface area (Å²) in [5.41, 5.74) is 1.22. The number of benzene rings is 1. The molecule has 0 bridgehead atoms. The van der Waals surface area contributed by atoms with Crippen LogP contribution in [0.5, 0.6) is 5.75 Å². The van der Waals surface area contributed by atoms with E-state index in [-0.39, 0.29) is 35.7 Å². The van der Waals surface area contributed by atoms with Gasteiger partial charge in [0.15, 0.2) is 0 Å². The number of nitrogens with zero attached hydrogens (tertiary/aromatic N) is 3. The van der Waals surface area contributed by atoms with Crippen molar-refractivity contribution in [2.24, 2.45) is 0 Å². The van der Waals surface area contributed by atoms with Gasteiger partial charge in [-0.05, 0) is 43.9 Å². The molecule has 0 aliphatic heterocycles. The lowest BCUT2D eigenvalue weighted by molar-refractivity contribution is -0.135. The van der Waals surface area contributed by atoms with E-state index in [4.69, 9.17) is 9.84 Å². The van der Waals surface area contributed by atoms with Gasteiger partial charge >= 0.3 is 0 Å². The van der Waals surface area contributed by atoms with Crippen molar-refractivity contribution in [1.82, 2.24) is 19.7 Å². The van der Waals surface area contributed by atoms with Gasteiger partial charge in [-0.3, -0.25) is 19.5 Å². The number of H-pyrrole nitrogens is 1. The molecule has 192 valence electrons. The Balaban J connectivity index is 0.000000214. The molecular weight excluding hydrogens is 462 g/mol. The van der Waals surface area contributed by atoms with Gasteiger partial charge in [0.05, 0.1) is 24.4 Å². The summed E-state index contributed by atoms with van der Waals surface area (Å²) in [7, 11) is 3.28. The summed E-state index contributed by atoms with van der Waals surface area (Å²) in [4.78, 5) is 37.9. The highest BCUT2D eigenvalue weighted by molar-refractivity contribution is 6.08. The zero-order chi connectivity index (χ0) is 25.7. The van der Waals surface area contributed by atoms with Crippen molar-refractivity contribution in [3.05, 3.63) is 52.6 Å². The van der Waals surface area contributed by atoms with Crippen LogP contribution in [0, 0.1) is 0 Å². The monoisotopic (exact) mass is 495 g/mol. The molecule has 5 rings (SSSR count). The highest BCUT2D eigenvalue weighted by Gasteiger charge is 2.25. The largest absolute Gasteiger partial charge is 0.496 e. The number of ether oxygens (including phenoxy) is 1. The van der Waals surface area contributed by atoms with Crippen LogP contribution in [-0.2, 0) is 4.79 Å². The lowest BCUT2D eigenvalue weighted by Gasteiger charge is -2.30. The van der Waals surface area contributed by atoms with Gasteiger partial charge in [-0.1, -0.05) is 19.3 Å². The van der Waals surface area contributed by atoms with Gasteiger partial charge in [-0.2, -0.15) is 5.10 Å². The van der Waals surface area contributed by atoms with E-state index >= 15 is 0 Å². The zero-order valence-electron chi connectivity index (χ0n) is 20.7. The standard InChI is InChI=1S/C17H16N4O3.C9H17NO2/c1-24-15-8-14-10(9-18-20-14)7-12(15)16(22)19-13-3-2-6-21(17(13)23)11-4-5-11;1-10(9(12)7-11)8-5-3-2-4-6-8/h2-3,6-9,11H,4-5H2,1H3,(H,18,20)(H,19,22);8,11H,2-7H2,1H3. The number of aliphatic hydroxyl groups excluding tert-OH is 1. The lowest BCUT2D eigenvalue weighted by atomic mass is 9.94. The van der Waals surface area contributed by atoms with Crippen molar-refractivity contribution >= 4 is 28.4 Å². The molecule has 0 radical (unpaired) electrons. The molecule has 2 aliphatic rings. The fourth-order valence-corrected chi connectivity index (χ4v) is 4.54. The third-order valence-electron chi connectivity index (χ3n) is 6.82. The van der Waals surface area contributed by atoms with Crippen LogP contribution in [-0.4, -0.2) is 63.4 Å². The first-order chi connectivity index (χ1) is 17.4. The van der Waals surface area contributed by atoms with Crippen LogP contribution in [0.15, 0.2) is 41.5 Å². The number of fused-ring (bicyclic) bond motifs is 1.